The molecule has 2 unspecified atom stereocenters. The van der Waals surface area contributed by atoms with Crippen LogP contribution in [0, 0.1) is 5.82 Å². The summed E-state index contributed by atoms with van der Waals surface area (Å²) in [6, 6.07) is 2.28. The fourth-order valence-corrected chi connectivity index (χ4v) is 1.41. The normalized spacial score (nSPS) is 15.7. The summed E-state index contributed by atoms with van der Waals surface area (Å²) >= 11 is 0. The van der Waals surface area contributed by atoms with Crippen molar-refractivity contribution in [3.63, 3.8) is 0 Å². The minimum atomic E-state index is -4.81. The summed E-state index contributed by atoms with van der Waals surface area (Å²) in [5.74, 6) is -1.24. The van der Waals surface area contributed by atoms with Crippen LogP contribution in [0.4, 0.5) is 17.6 Å². The second-order valence-electron chi connectivity index (χ2n) is 3.45. The van der Waals surface area contributed by atoms with Crippen LogP contribution < -0.4 is 5.73 Å². The van der Waals surface area contributed by atoms with Crippen LogP contribution in [0.3, 0.4) is 0 Å². The molecule has 17 heavy (non-hydrogen) atoms. The number of nitrogens with two attached hydrogens (primary N) is 1. The third-order valence-electron chi connectivity index (χ3n) is 2.26. The minimum Gasteiger partial charge on any atom is -0.389 e. The summed E-state index contributed by atoms with van der Waals surface area (Å²) in [7, 11) is 0. The van der Waals surface area contributed by atoms with Crippen LogP contribution in [0.2, 0.25) is 0 Å². The smallest absolute Gasteiger partial charge is 0.389 e. The highest BCUT2D eigenvalue weighted by molar-refractivity contribution is 5.33. The minimum absolute atomic E-state index is 0.479. The third kappa shape index (κ3) is 2.93. The van der Waals surface area contributed by atoms with Gasteiger partial charge in [-0.1, -0.05) is 6.07 Å². The first-order chi connectivity index (χ1) is 7.79. The van der Waals surface area contributed by atoms with Crippen molar-refractivity contribution in [2.75, 3.05) is 6.54 Å². The molecule has 0 heterocycles. The van der Waals surface area contributed by atoms with Gasteiger partial charge in [0, 0.05) is 12.1 Å². The number of aliphatic hydroxyl groups excluding tert-OH is 2. The zero-order chi connectivity index (χ0) is 13.2. The van der Waals surface area contributed by atoms with Crippen LogP contribution in [0.15, 0.2) is 18.2 Å². The van der Waals surface area contributed by atoms with E-state index in [0.29, 0.717) is 6.07 Å². The fraction of sp³-hybridized carbons (Fsp3) is 0.400. The molecule has 1 rings (SSSR count). The number of rotatable bonds is 3. The highest BCUT2D eigenvalue weighted by Crippen LogP contribution is 2.36. The first-order valence-electron chi connectivity index (χ1n) is 4.70. The van der Waals surface area contributed by atoms with Crippen molar-refractivity contribution in [2.45, 2.75) is 18.4 Å². The molecule has 0 aliphatic rings. The Balaban J connectivity index is 3.30. The van der Waals surface area contributed by atoms with Crippen LogP contribution in [0.1, 0.15) is 17.2 Å². The molecule has 0 aliphatic carbocycles. The van der Waals surface area contributed by atoms with E-state index < -0.39 is 41.9 Å². The number of hydrogen-bond acceptors (Lipinski definition) is 3. The summed E-state index contributed by atoms with van der Waals surface area (Å²) in [6.07, 6.45) is -8.49. The molecule has 96 valence electrons. The van der Waals surface area contributed by atoms with Gasteiger partial charge in [0.1, 0.15) is 11.9 Å². The average Bonchev–Trinajstić information content (AvgIpc) is 2.25. The van der Waals surface area contributed by atoms with E-state index in [1.165, 1.54) is 0 Å². The molecule has 0 amide bonds. The maximum absolute atomic E-state index is 13.3. The molecule has 1 aromatic carbocycles. The van der Waals surface area contributed by atoms with Crippen molar-refractivity contribution in [1.29, 1.82) is 0 Å². The van der Waals surface area contributed by atoms with Crippen molar-refractivity contribution < 1.29 is 27.8 Å². The average molecular weight is 253 g/mol. The lowest BCUT2D eigenvalue weighted by Crippen LogP contribution is -2.29. The Morgan fingerprint density at radius 1 is 1.24 bits per heavy atom. The van der Waals surface area contributed by atoms with E-state index in [4.69, 9.17) is 5.73 Å². The number of alkyl halides is 3. The third-order valence-corrected chi connectivity index (χ3v) is 2.26. The van der Waals surface area contributed by atoms with Gasteiger partial charge in [0.15, 0.2) is 0 Å². The maximum atomic E-state index is 13.3. The van der Waals surface area contributed by atoms with Gasteiger partial charge in [-0.3, -0.25) is 0 Å². The van der Waals surface area contributed by atoms with Crippen molar-refractivity contribution >= 4 is 0 Å². The fourth-order valence-electron chi connectivity index (χ4n) is 1.41. The summed E-state index contributed by atoms with van der Waals surface area (Å²) in [6.45, 7) is -0.479. The molecular formula is C10H11F4NO2. The van der Waals surface area contributed by atoms with Gasteiger partial charge in [0.25, 0.3) is 0 Å². The van der Waals surface area contributed by atoms with E-state index in [2.05, 4.69) is 0 Å². The zero-order valence-electron chi connectivity index (χ0n) is 8.58. The molecule has 0 saturated carbocycles. The molecule has 0 spiro atoms. The molecule has 0 bridgehead atoms. The molecule has 7 heteroatoms. The van der Waals surface area contributed by atoms with E-state index in [-0.39, 0.29) is 0 Å². The predicted molar refractivity (Wildman–Crippen MR) is 51.4 cm³/mol. The summed E-state index contributed by atoms with van der Waals surface area (Å²) in [4.78, 5) is 0. The van der Waals surface area contributed by atoms with Gasteiger partial charge in [0.05, 0.1) is 11.7 Å². The lowest BCUT2D eigenvalue weighted by molar-refractivity contribution is -0.140. The van der Waals surface area contributed by atoms with Gasteiger partial charge >= 0.3 is 6.18 Å². The molecule has 0 saturated heterocycles. The number of hydrogen-bond donors (Lipinski definition) is 3. The SMILES string of the molecule is NCC(O)C(O)c1c(F)cccc1C(F)(F)F. The highest BCUT2D eigenvalue weighted by Gasteiger charge is 2.37. The van der Waals surface area contributed by atoms with E-state index in [1.54, 1.807) is 0 Å². The van der Waals surface area contributed by atoms with Gasteiger partial charge in [-0.25, -0.2) is 4.39 Å². The molecule has 4 N–H and O–H groups in total. The standard InChI is InChI=1S/C10H11F4NO2/c11-6-3-1-2-5(10(12,13)14)8(6)9(17)7(16)4-15/h1-3,7,9,16-17H,4,15H2. The zero-order valence-corrected chi connectivity index (χ0v) is 8.58. The molecule has 0 aliphatic heterocycles. The highest BCUT2D eigenvalue weighted by atomic mass is 19.4. The van der Waals surface area contributed by atoms with Crippen molar-refractivity contribution in [1.82, 2.24) is 0 Å². The van der Waals surface area contributed by atoms with Crippen LogP contribution >= 0.6 is 0 Å². The van der Waals surface area contributed by atoms with E-state index in [0.717, 1.165) is 12.1 Å². The van der Waals surface area contributed by atoms with Crippen LogP contribution in [-0.2, 0) is 6.18 Å². The van der Waals surface area contributed by atoms with Gasteiger partial charge in [-0.15, -0.1) is 0 Å². The number of benzene rings is 1. The van der Waals surface area contributed by atoms with E-state index >= 15 is 0 Å². The second-order valence-corrected chi connectivity index (χ2v) is 3.45. The number of aliphatic hydroxyl groups is 2. The van der Waals surface area contributed by atoms with Crippen LogP contribution in [0.25, 0.3) is 0 Å². The first-order valence-corrected chi connectivity index (χ1v) is 4.70. The lowest BCUT2D eigenvalue weighted by atomic mass is 9.97. The number of halogens is 4. The molecule has 1 aromatic rings. The van der Waals surface area contributed by atoms with Crippen molar-refractivity contribution in [2.24, 2.45) is 5.73 Å². The second kappa shape index (κ2) is 4.99. The molecule has 0 aromatic heterocycles. The maximum Gasteiger partial charge on any atom is 0.416 e. The Morgan fingerprint density at radius 3 is 2.29 bits per heavy atom. The Labute approximate surface area is 94.5 Å². The summed E-state index contributed by atoms with van der Waals surface area (Å²) < 4.78 is 51.0. The summed E-state index contributed by atoms with van der Waals surface area (Å²) in [5, 5.41) is 18.6. The van der Waals surface area contributed by atoms with Gasteiger partial charge < -0.3 is 15.9 Å². The molecule has 3 nitrogen and oxygen atoms in total. The Kier molecular flexibility index (Phi) is 4.07. The van der Waals surface area contributed by atoms with Crippen molar-refractivity contribution in [3.05, 3.63) is 35.1 Å². The monoisotopic (exact) mass is 253 g/mol. The Hall–Kier alpha value is -1.18. The predicted octanol–water partition coefficient (Wildman–Crippen LogP) is 1.20. The van der Waals surface area contributed by atoms with Crippen LogP contribution in [0.5, 0.6) is 0 Å². The molecular weight excluding hydrogens is 242 g/mol. The topological polar surface area (TPSA) is 66.5 Å². The molecule has 2 atom stereocenters. The van der Waals surface area contributed by atoms with Gasteiger partial charge in [-0.2, -0.15) is 13.2 Å². The van der Waals surface area contributed by atoms with Crippen LogP contribution in [-0.4, -0.2) is 22.9 Å². The van der Waals surface area contributed by atoms with Crippen molar-refractivity contribution in [3.8, 4) is 0 Å². The van der Waals surface area contributed by atoms with E-state index in [9.17, 15) is 27.8 Å². The Bertz CT molecular complexity index is 394. The first kappa shape index (κ1) is 13.9. The van der Waals surface area contributed by atoms with E-state index in [1.807, 2.05) is 0 Å². The molecule has 0 radical (unpaired) electrons. The molecule has 0 fully saturated rings. The van der Waals surface area contributed by atoms with Gasteiger partial charge in [-0.05, 0) is 12.1 Å². The lowest BCUT2D eigenvalue weighted by Gasteiger charge is -2.21. The van der Waals surface area contributed by atoms with Gasteiger partial charge in [0.2, 0.25) is 0 Å². The Morgan fingerprint density at radius 2 is 1.82 bits per heavy atom. The largest absolute Gasteiger partial charge is 0.416 e. The summed E-state index contributed by atoms with van der Waals surface area (Å²) in [5.41, 5.74) is 2.70. The quantitative estimate of drug-likeness (QED) is 0.709.